The Bertz CT molecular complexity index is 1720. The number of halogens is 2. The van der Waals surface area contributed by atoms with Crippen LogP contribution in [-0.4, -0.2) is 71.9 Å². The average molecular weight is 631 g/mol. The summed E-state index contributed by atoms with van der Waals surface area (Å²) in [4.78, 5) is 39.2. The first-order chi connectivity index (χ1) is 20.7. The standard InChI is InChI=1S/C30H36F2N6O5S/c1-5-12-44(41,42)37-24-7-6-23(31)25(26(24)32)27(39)22-17-36-28-21(22)13-18(15-35-28)19(14-33)16-34-20-8-10-38(11-9-20)29(40)43-30(2,3)4/h6-7,13-17,20,37H,5,8-12,33H2,1-4H3,(H,35,36). The Hall–Kier alpha value is -4.33. The van der Waals surface area contributed by atoms with Gasteiger partial charge in [-0.2, -0.15) is 0 Å². The highest BCUT2D eigenvalue weighted by atomic mass is 32.2. The van der Waals surface area contributed by atoms with Crippen molar-refractivity contribution in [3.05, 3.63) is 65.1 Å². The predicted molar refractivity (Wildman–Crippen MR) is 165 cm³/mol. The summed E-state index contributed by atoms with van der Waals surface area (Å²) in [5.41, 5.74) is 5.12. The number of carbonyl (C=O) groups excluding carboxylic acids is 2. The highest BCUT2D eigenvalue weighted by Crippen LogP contribution is 2.29. The molecule has 0 radical (unpaired) electrons. The first-order valence-electron chi connectivity index (χ1n) is 14.2. The number of hydrogen-bond acceptors (Lipinski definition) is 8. The number of ether oxygens (including phenoxy) is 1. The Morgan fingerprint density at radius 3 is 2.59 bits per heavy atom. The van der Waals surface area contributed by atoms with Crippen LogP contribution >= 0.6 is 0 Å². The average Bonchev–Trinajstić information content (AvgIpc) is 3.38. The van der Waals surface area contributed by atoms with Crippen LogP contribution in [-0.2, 0) is 14.8 Å². The Morgan fingerprint density at radius 1 is 1.25 bits per heavy atom. The van der Waals surface area contributed by atoms with Crippen molar-refractivity contribution in [2.45, 2.75) is 58.6 Å². The number of piperidine rings is 1. The van der Waals surface area contributed by atoms with Crippen LogP contribution in [0.1, 0.15) is 68.4 Å². The molecule has 0 spiro atoms. The fraction of sp³-hybridized carbons (Fsp3) is 0.400. The van der Waals surface area contributed by atoms with Gasteiger partial charge in [0.2, 0.25) is 15.8 Å². The Labute approximate surface area is 254 Å². The number of aromatic nitrogens is 2. The van der Waals surface area contributed by atoms with Gasteiger partial charge in [0.05, 0.1) is 23.0 Å². The first-order valence-corrected chi connectivity index (χ1v) is 15.8. The number of anilines is 1. The van der Waals surface area contributed by atoms with E-state index in [9.17, 15) is 22.4 Å². The molecule has 44 heavy (non-hydrogen) atoms. The van der Waals surface area contributed by atoms with Gasteiger partial charge in [0, 0.05) is 60.0 Å². The van der Waals surface area contributed by atoms with E-state index >= 15 is 4.39 Å². The molecule has 4 rings (SSSR count). The van der Waals surface area contributed by atoms with Crippen LogP contribution in [0.5, 0.6) is 0 Å². The predicted octanol–water partition coefficient (Wildman–Crippen LogP) is 4.99. The minimum absolute atomic E-state index is 0.0577. The number of pyridine rings is 1. The molecular formula is C30H36F2N6O5S. The van der Waals surface area contributed by atoms with Crippen LogP contribution in [0.3, 0.4) is 0 Å². The highest BCUT2D eigenvalue weighted by molar-refractivity contribution is 7.92. The molecule has 3 heterocycles. The molecule has 1 fully saturated rings. The Balaban J connectivity index is 1.55. The van der Waals surface area contributed by atoms with E-state index < -0.39 is 44.3 Å². The molecule has 1 aliphatic heterocycles. The number of fused-ring (bicyclic) bond motifs is 1. The van der Waals surface area contributed by atoms with E-state index in [0.29, 0.717) is 42.7 Å². The highest BCUT2D eigenvalue weighted by Gasteiger charge is 2.28. The molecule has 0 atom stereocenters. The summed E-state index contributed by atoms with van der Waals surface area (Å²) in [5.74, 6) is -3.72. The summed E-state index contributed by atoms with van der Waals surface area (Å²) >= 11 is 0. The number of ketones is 1. The quantitative estimate of drug-likeness (QED) is 0.222. The molecule has 1 amide bonds. The number of likely N-dealkylation sites (tertiary alicyclic amines) is 1. The third-order valence-corrected chi connectivity index (χ3v) is 8.36. The number of sulfonamides is 1. The number of nitrogens with zero attached hydrogens (tertiary/aromatic N) is 3. The van der Waals surface area contributed by atoms with E-state index in [2.05, 4.69) is 19.7 Å². The lowest BCUT2D eigenvalue weighted by atomic mass is 10.00. The zero-order chi connectivity index (χ0) is 32.2. The van der Waals surface area contributed by atoms with Crippen molar-refractivity contribution in [2.75, 3.05) is 23.6 Å². The first kappa shape index (κ1) is 32.6. The van der Waals surface area contributed by atoms with Crippen LogP contribution in [0.25, 0.3) is 16.6 Å². The van der Waals surface area contributed by atoms with Gasteiger partial charge in [0.15, 0.2) is 5.82 Å². The van der Waals surface area contributed by atoms with Crippen LogP contribution < -0.4 is 10.5 Å². The molecule has 4 N–H and O–H groups in total. The van der Waals surface area contributed by atoms with Crippen molar-refractivity contribution in [1.82, 2.24) is 14.9 Å². The second-order valence-corrected chi connectivity index (χ2v) is 13.3. The van der Waals surface area contributed by atoms with E-state index in [1.807, 2.05) is 20.8 Å². The molecule has 0 saturated carbocycles. The summed E-state index contributed by atoms with van der Waals surface area (Å²) < 4.78 is 62.0. The van der Waals surface area contributed by atoms with Crippen molar-refractivity contribution < 1.29 is 31.5 Å². The van der Waals surface area contributed by atoms with E-state index in [-0.39, 0.29) is 35.3 Å². The molecule has 1 aromatic carbocycles. The largest absolute Gasteiger partial charge is 0.444 e. The molecule has 236 valence electrons. The molecule has 3 aromatic rings. The molecule has 0 bridgehead atoms. The number of rotatable bonds is 9. The number of carbonyl (C=O) groups is 2. The molecule has 0 aliphatic carbocycles. The van der Waals surface area contributed by atoms with Gasteiger partial charge < -0.3 is 20.4 Å². The SMILES string of the molecule is CCCS(=O)(=O)Nc1ccc(F)c(C(=O)c2c[nH]c3ncc(C(C=NC4CCN(C(=O)OC(C)(C)C)CC4)=CN)cc23)c1F. The number of nitrogens with two attached hydrogens (primary N) is 1. The summed E-state index contributed by atoms with van der Waals surface area (Å²) in [7, 11) is -3.89. The number of aliphatic imine (C=N–C) groups is 1. The van der Waals surface area contributed by atoms with Gasteiger partial charge in [-0.1, -0.05) is 6.92 Å². The molecular weight excluding hydrogens is 594 g/mol. The van der Waals surface area contributed by atoms with Crippen LogP contribution in [0, 0.1) is 11.6 Å². The number of hydrogen-bond donors (Lipinski definition) is 3. The van der Waals surface area contributed by atoms with E-state index in [0.717, 1.165) is 12.1 Å². The second-order valence-electron chi connectivity index (χ2n) is 11.5. The number of amides is 1. The minimum atomic E-state index is -3.89. The second kappa shape index (κ2) is 13.1. The lowest BCUT2D eigenvalue weighted by Gasteiger charge is -2.32. The number of benzene rings is 1. The number of nitrogens with one attached hydrogen (secondary N) is 2. The summed E-state index contributed by atoms with van der Waals surface area (Å²) in [6.45, 7) is 8.08. The van der Waals surface area contributed by atoms with E-state index in [1.165, 1.54) is 18.6 Å². The lowest BCUT2D eigenvalue weighted by molar-refractivity contribution is 0.0207. The molecule has 14 heteroatoms. The maximum Gasteiger partial charge on any atom is 0.410 e. The van der Waals surface area contributed by atoms with Gasteiger partial charge in [-0.3, -0.25) is 14.5 Å². The summed E-state index contributed by atoms with van der Waals surface area (Å²) in [5, 5.41) is 0.279. The number of allylic oxidation sites excluding steroid dienone is 1. The molecule has 0 unspecified atom stereocenters. The number of H-pyrrole nitrogens is 1. The van der Waals surface area contributed by atoms with Crippen LogP contribution in [0.4, 0.5) is 19.3 Å². The summed E-state index contributed by atoms with van der Waals surface area (Å²) in [6.07, 6.45) is 6.92. The fourth-order valence-corrected chi connectivity index (χ4v) is 5.87. The van der Waals surface area contributed by atoms with Crippen molar-refractivity contribution in [1.29, 1.82) is 0 Å². The summed E-state index contributed by atoms with van der Waals surface area (Å²) in [6, 6.07) is 3.31. The zero-order valence-electron chi connectivity index (χ0n) is 25.0. The smallest absolute Gasteiger partial charge is 0.410 e. The van der Waals surface area contributed by atoms with Gasteiger partial charge >= 0.3 is 6.09 Å². The van der Waals surface area contributed by atoms with Crippen molar-refractivity contribution in [2.24, 2.45) is 10.7 Å². The zero-order valence-corrected chi connectivity index (χ0v) is 25.8. The fourth-order valence-electron chi connectivity index (χ4n) is 4.73. The molecule has 1 aliphatic rings. The maximum atomic E-state index is 15.3. The molecule has 2 aromatic heterocycles. The van der Waals surface area contributed by atoms with Gasteiger partial charge in [-0.05, 0) is 58.2 Å². The third kappa shape index (κ3) is 7.59. The van der Waals surface area contributed by atoms with Crippen LogP contribution in [0.15, 0.2) is 41.8 Å². The van der Waals surface area contributed by atoms with Gasteiger partial charge in [-0.15, -0.1) is 0 Å². The van der Waals surface area contributed by atoms with Crippen molar-refractivity contribution in [3.8, 4) is 0 Å². The van der Waals surface area contributed by atoms with Crippen molar-refractivity contribution in [3.63, 3.8) is 0 Å². The molecule has 11 nitrogen and oxygen atoms in total. The van der Waals surface area contributed by atoms with E-state index in [4.69, 9.17) is 10.5 Å². The Morgan fingerprint density at radius 2 is 1.95 bits per heavy atom. The van der Waals surface area contributed by atoms with Crippen LogP contribution in [0.2, 0.25) is 0 Å². The van der Waals surface area contributed by atoms with Gasteiger partial charge in [0.1, 0.15) is 17.1 Å². The Kier molecular flexibility index (Phi) is 9.72. The number of aromatic amines is 1. The minimum Gasteiger partial charge on any atom is -0.444 e. The topological polar surface area (TPSA) is 160 Å². The molecule has 1 saturated heterocycles. The van der Waals surface area contributed by atoms with Gasteiger partial charge in [-0.25, -0.2) is 27.0 Å². The van der Waals surface area contributed by atoms with Crippen molar-refractivity contribution >= 4 is 50.4 Å². The lowest BCUT2D eigenvalue weighted by Crippen LogP contribution is -2.42. The monoisotopic (exact) mass is 630 g/mol. The third-order valence-electron chi connectivity index (χ3n) is 6.89. The maximum absolute atomic E-state index is 15.3. The van der Waals surface area contributed by atoms with Gasteiger partial charge in [0.25, 0.3) is 0 Å². The van der Waals surface area contributed by atoms with E-state index in [1.54, 1.807) is 24.1 Å². The normalized spacial score (nSPS) is 15.2.